The topological polar surface area (TPSA) is 54.6 Å². The second-order valence-corrected chi connectivity index (χ2v) is 7.23. The van der Waals surface area contributed by atoms with Crippen LogP contribution in [0.15, 0.2) is 92.9 Å². The smallest absolute Gasteiger partial charge is 0.244 e. The summed E-state index contributed by atoms with van der Waals surface area (Å²) in [6, 6.07) is 25.5. The SMILES string of the molecule is O=C(Cc1cccc2ccccc12)N/N=C/c1ccc(-c2ccc(Br)cc2)o1. The van der Waals surface area contributed by atoms with Crippen molar-refractivity contribution < 1.29 is 9.21 Å². The van der Waals surface area contributed by atoms with Crippen LogP contribution in [0.5, 0.6) is 0 Å². The van der Waals surface area contributed by atoms with E-state index in [9.17, 15) is 4.79 Å². The third-order valence-corrected chi connectivity index (χ3v) is 4.90. The van der Waals surface area contributed by atoms with Crippen LogP contribution in [-0.2, 0) is 11.2 Å². The standard InChI is InChI=1S/C23H17BrN2O2/c24-19-10-8-17(9-11-19)22-13-12-20(28-22)15-25-26-23(27)14-18-6-3-5-16-4-1-2-7-21(16)18/h1-13,15H,14H2,(H,26,27)/b25-15+. The van der Waals surface area contributed by atoms with Crippen molar-refractivity contribution in [1.82, 2.24) is 5.43 Å². The average Bonchev–Trinajstić information content (AvgIpc) is 3.18. The van der Waals surface area contributed by atoms with E-state index in [0.29, 0.717) is 5.76 Å². The Balaban J connectivity index is 1.39. The molecule has 0 aliphatic rings. The van der Waals surface area contributed by atoms with Gasteiger partial charge in [-0.1, -0.05) is 70.5 Å². The van der Waals surface area contributed by atoms with E-state index in [-0.39, 0.29) is 12.3 Å². The number of rotatable bonds is 5. The number of nitrogens with zero attached hydrogens (tertiary/aromatic N) is 1. The second-order valence-electron chi connectivity index (χ2n) is 6.32. The lowest BCUT2D eigenvalue weighted by Crippen LogP contribution is -2.19. The largest absolute Gasteiger partial charge is 0.455 e. The molecule has 0 aliphatic carbocycles. The fourth-order valence-corrected chi connectivity index (χ4v) is 3.28. The van der Waals surface area contributed by atoms with Crippen molar-refractivity contribution in [2.75, 3.05) is 0 Å². The maximum atomic E-state index is 12.2. The van der Waals surface area contributed by atoms with Gasteiger partial charge in [-0.2, -0.15) is 5.10 Å². The van der Waals surface area contributed by atoms with E-state index in [0.717, 1.165) is 32.1 Å². The van der Waals surface area contributed by atoms with E-state index in [1.165, 1.54) is 6.21 Å². The zero-order valence-electron chi connectivity index (χ0n) is 14.9. The highest BCUT2D eigenvalue weighted by Gasteiger charge is 2.07. The fraction of sp³-hybridized carbons (Fsp3) is 0.0435. The molecule has 0 bridgehead atoms. The van der Waals surface area contributed by atoms with Crippen LogP contribution >= 0.6 is 15.9 Å². The molecular formula is C23H17BrN2O2. The van der Waals surface area contributed by atoms with Gasteiger partial charge < -0.3 is 4.42 Å². The number of fused-ring (bicyclic) bond motifs is 1. The summed E-state index contributed by atoms with van der Waals surface area (Å²) in [5, 5.41) is 6.21. The monoisotopic (exact) mass is 432 g/mol. The molecule has 0 saturated heterocycles. The van der Waals surface area contributed by atoms with Gasteiger partial charge in [-0.05, 0) is 40.6 Å². The summed E-state index contributed by atoms with van der Waals surface area (Å²) in [7, 11) is 0. The maximum Gasteiger partial charge on any atom is 0.244 e. The van der Waals surface area contributed by atoms with Gasteiger partial charge in [-0.3, -0.25) is 4.79 Å². The summed E-state index contributed by atoms with van der Waals surface area (Å²) in [5.74, 6) is 1.15. The summed E-state index contributed by atoms with van der Waals surface area (Å²) in [5.41, 5.74) is 4.51. The zero-order valence-corrected chi connectivity index (χ0v) is 16.5. The van der Waals surface area contributed by atoms with Crippen molar-refractivity contribution in [2.24, 2.45) is 5.10 Å². The number of carbonyl (C=O) groups excluding carboxylic acids is 1. The lowest BCUT2D eigenvalue weighted by atomic mass is 10.0. The third kappa shape index (κ3) is 4.21. The number of hydrogen-bond donors (Lipinski definition) is 1. The molecule has 0 radical (unpaired) electrons. The van der Waals surface area contributed by atoms with E-state index in [1.807, 2.05) is 78.9 Å². The molecule has 1 heterocycles. The molecule has 0 atom stereocenters. The first-order valence-electron chi connectivity index (χ1n) is 8.83. The molecule has 4 aromatic rings. The molecule has 0 aliphatic heterocycles. The molecule has 1 aromatic heterocycles. The lowest BCUT2D eigenvalue weighted by molar-refractivity contribution is -0.120. The van der Waals surface area contributed by atoms with Crippen LogP contribution in [0.3, 0.4) is 0 Å². The molecule has 0 saturated carbocycles. The van der Waals surface area contributed by atoms with Crippen LogP contribution in [0, 0.1) is 0 Å². The molecule has 4 rings (SSSR count). The van der Waals surface area contributed by atoms with Crippen molar-refractivity contribution in [3.63, 3.8) is 0 Å². The van der Waals surface area contributed by atoms with Crippen molar-refractivity contribution in [1.29, 1.82) is 0 Å². The predicted molar refractivity (Wildman–Crippen MR) is 115 cm³/mol. The summed E-state index contributed by atoms with van der Waals surface area (Å²) in [6.45, 7) is 0. The Morgan fingerprint density at radius 1 is 0.964 bits per heavy atom. The minimum Gasteiger partial charge on any atom is -0.455 e. The van der Waals surface area contributed by atoms with Gasteiger partial charge >= 0.3 is 0 Å². The first-order valence-corrected chi connectivity index (χ1v) is 9.63. The van der Waals surface area contributed by atoms with E-state index in [4.69, 9.17) is 4.42 Å². The molecule has 28 heavy (non-hydrogen) atoms. The van der Waals surface area contributed by atoms with Crippen molar-refractivity contribution >= 4 is 38.8 Å². The van der Waals surface area contributed by atoms with Crippen molar-refractivity contribution in [2.45, 2.75) is 6.42 Å². The Morgan fingerprint density at radius 2 is 1.75 bits per heavy atom. The normalized spacial score (nSPS) is 11.2. The van der Waals surface area contributed by atoms with Gasteiger partial charge in [-0.25, -0.2) is 5.43 Å². The zero-order chi connectivity index (χ0) is 19.3. The molecule has 1 N–H and O–H groups in total. The van der Waals surface area contributed by atoms with E-state index in [2.05, 4.69) is 26.5 Å². The van der Waals surface area contributed by atoms with Gasteiger partial charge in [0.05, 0.1) is 12.6 Å². The lowest BCUT2D eigenvalue weighted by Gasteiger charge is -2.05. The second kappa shape index (κ2) is 8.23. The molecule has 0 unspecified atom stereocenters. The molecule has 3 aromatic carbocycles. The van der Waals surface area contributed by atoms with E-state index < -0.39 is 0 Å². The van der Waals surface area contributed by atoms with Gasteiger partial charge in [0, 0.05) is 10.0 Å². The fourth-order valence-electron chi connectivity index (χ4n) is 3.02. The Morgan fingerprint density at radius 3 is 2.61 bits per heavy atom. The van der Waals surface area contributed by atoms with Crippen molar-refractivity contribution in [3.05, 3.63) is 94.7 Å². The number of hydrogen-bond acceptors (Lipinski definition) is 3. The summed E-state index contributed by atoms with van der Waals surface area (Å²) < 4.78 is 6.76. The number of amides is 1. The van der Waals surface area contributed by atoms with Crippen LogP contribution in [0.2, 0.25) is 0 Å². The van der Waals surface area contributed by atoms with Crippen LogP contribution in [0.25, 0.3) is 22.1 Å². The first kappa shape index (κ1) is 18.2. The molecule has 4 nitrogen and oxygen atoms in total. The number of nitrogens with one attached hydrogen (secondary N) is 1. The number of furan rings is 1. The predicted octanol–water partition coefficient (Wildman–Crippen LogP) is 5.56. The highest BCUT2D eigenvalue weighted by Crippen LogP contribution is 2.23. The Hall–Kier alpha value is -3.18. The Labute approximate surface area is 171 Å². The van der Waals surface area contributed by atoms with E-state index >= 15 is 0 Å². The average molecular weight is 433 g/mol. The van der Waals surface area contributed by atoms with Gasteiger partial charge in [0.2, 0.25) is 5.91 Å². The molecule has 5 heteroatoms. The summed E-state index contributed by atoms with van der Waals surface area (Å²) in [6.07, 6.45) is 1.77. The Kier molecular flexibility index (Phi) is 5.35. The molecule has 0 fully saturated rings. The van der Waals surface area contributed by atoms with Gasteiger partial charge in [-0.15, -0.1) is 0 Å². The molecular weight excluding hydrogens is 416 g/mol. The quantitative estimate of drug-likeness (QED) is 0.331. The van der Waals surface area contributed by atoms with Gasteiger partial charge in [0.1, 0.15) is 11.5 Å². The van der Waals surface area contributed by atoms with Crippen LogP contribution in [0.4, 0.5) is 0 Å². The maximum absolute atomic E-state index is 12.2. The minimum absolute atomic E-state index is 0.174. The number of hydrazone groups is 1. The summed E-state index contributed by atoms with van der Waals surface area (Å²) in [4.78, 5) is 12.2. The van der Waals surface area contributed by atoms with Crippen molar-refractivity contribution in [3.8, 4) is 11.3 Å². The molecule has 0 spiro atoms. The minimum atomic E-state index is -0.174. The number of carbonyl (C=O) groups is 1. The third-order valence-electron chi connectivity index (χ3n) is 4.37. The van der Waals surface area contributed by atoms with Crippen LogP contribution in [0.1, 0.15) is 11.3 Å². The number of halogens is 1. The first-order chi connectivity index (χ1) is 13.7. The molecule has 1 amide bonds. The Bertz CT molecular complexity index is 1140. The van der Waals surface area contributed by atoms with Crippen LogP contribution in [-0.4, -0.2) is 12.1 Å². The summed E-state index contributed by atoms with van der Waals surface area (Å²) >= 11 is 3.42. The van der Waals surface area contributed by atoms with Gasteiger partial charge in [0.15, 0.2) is 0 Å². The number of benzene rings is 3. The molecule has 138 valence electrons. The van der Waals surface area contributed by atoms with Crippen LogP contribution < -0.4 is 5.43 Å². The van der Waals surface area contributed by atoms with Gasteiger partial charge in [0.25, 0.3) is 0 Å². The highest BCUT2D eigenvalue weighted by atomic mass is 79.9. The van der Waals surface area contributed by atoms with E-state index in [1.54, 1.807) is 0 Å². The highest BCUT2D eigenvalue weighted by molar-refractivity contribution is 9.10.